The first-order valence-corrected chi connectivity index (χ1v) is 10.1. The van der Waals surface area contributed by atoms with Crippen LogP contribution in [0.4, 0.5) is 0 Å². The molecule has 7 heteroatoms. The van der Waals surface area contributed by atoms with E-state index in [1.165, 1.54) is 12.5 Å². The minimum atomic E-state index is -3.65. The molecule has 1 saturated heterocycles. The number of hydrogen-bond donors (Lipinski definition) is 2. The molecule has 0 spiro atoms. The largest absolute Gasteiger partial charge is 0.492 e. The van der Waals surface area contributed by atoms with Gasteiger partial charge in [0.15, 0.2) is 0 Å². The summed E-state index contributed by atoms with van der Waals surface area (Å²) in [6, 6.07) is 4.69. The van der Waals surface area contributed by atoms with Crippen molar-refractivity contribution in [2.24, 2.45) is 5.92 Å². The first-order chi connectivity index (χ1) is 11.0. The van der Waals surface area contributed by atoms with Crippen LogP contribution in [0, 0.1) is 5.92 Å². The summed E-state index contributed by atoms with van der Waals surface area (Å²) in [5.41, 5.74) is 0. The number of nitrogens with one attached hydrogen (secondary N) is 2. The van der Waals surface area contributed by atoms with Crippen molar-refractivity contribution in [1.29, 1.82) is 0 Å². The second-order valence-corrected chi connectivity index (χ2v) is 8.48. The van der Waals surface area contributed by atoms with E-state index in [0.29, 0.717) is 29.8 Å². The minimum absolute atomic E-state index is 0.0905. The third-order valence-corrected chi connectivity index (χ3v) is 6.29. The van der Waals surface area contributed by atoms with E-state index in [-0.39, 0.29) is 10.9 Å². The lowest BCUT2D eigenvalue weighted by Gasteiger charge is -2.26. The lowest BCUT2D eigenvalue weighted by molar-refractivity contribution is 0.177. The summed E-state index contributed by atoms with van der Waals surface area (Å²) in [5.74, 6) is 0.925. The minimum Gasteiger partial charge on any atom is -0.492 e. The fourth-order valence-electron chi connectivity index (χ4n) is 2.91. The average molecular weight is 359 g/mol. The molecule has 1 saturated carbocycles. The van der Waals surface area contributed by atoms with Crippen LogP contribution < -0.4 is 14.8 Å². The van der Waals surface area contributed by atoms with E-state index in [4.69, 9.17) is 16.3 Å². The van der Waals surface area contributed by atoms with Crippen molar-refractivity contribution in [2.45, 2.75) is 43.0 Å². The highest BCUT2D eigenvalue weighted by atomic mass is 35.5. The van der Waals surface area contributed by atoms with Crippen LogP contribution in [-0.4, -0.2) is 34.2 Å². The Balaban J connectivity index is 1.76. The molecule has 1 aromatic rings. The van der Waals surface area contributed by atoms with Crippen molar-refractivity contribution >= 4 is 21.6 Å². The first-order valence-electron chi connectivity index (χ1n) is 8.20. The van der Waals surface area contributed by atoms with Crippen molar-refractivity contribution in [1.82, 2.24) is 10.0 Å². The molecule has 1 aliphatic heterocycles. The number of hydrogen-bond acceptors (Lipinski definition) is 4. The lowest BCUT2D eigenvalue weighted by atomic mass is 9.86. The monoisotopic (exact) mass is 358 g/mol. The van der Waals surface area contributed by atoms with Gasteiger partial charge in [0.1, 0.15) is 10.6 Å². The van der Waals surface area contributed by atoms with E-state index < -0.39 is 10.0 Å². The maximum absolute atomic E-state index is 12.7. The topological polar surface area (TPSA) is 67.4 Å². The summed E-state index contributed by atoms with van der Waals surface area (Å²) in [6.07, 6.45) is 5.35. The summed E-state index contributed by atoms with van der Waals surface area (Å²) in [6.45, 7) is 2.15. The molecule has 0 radical (unpaired) electrons. The standard InChI is InChI=1S/C16H23ClN2O3S/c17-13-6-7-15(22-11-12-3-1-4-12)16(9-13)23(20,21)19-14-5-2-8-18-10-14/h6-7,9,12,14,18-19H,1-5,8,10-11H2/t14-/m0/s1. The zero-order valence-electron chi connectivity index (χ0n) is 13.1. The molecule has 0 aromatic heterocycles. The third-order valence-electron chi connectivity index (χ3n) is 4.51. The Labute approximate surface area is 142 Å². The quantitative estimate of drug-likeness (QED) is 0.820. The first kappa shape index (κ1) is 17.0. The van der Waals surface area contributed by atoms with Crippen molar-refractivity contribution in [3.63, 3.8) is 0 Å². The Morgan fingerprint density at radius 1 is 1.26 bits per heavy atom. The van der Waals surface area contributed by atoms with E-state index >= 15 is 0 Å². The van der Waals surface area contributed by atoms with Gasteiger partial charge in [0.05, 0.1) is 6.61 Å². The molecule has 1 heterocycles. The molecule has 3 rings (SSSR count). The predicted octanol–water partition coefficient (Wildman–Crippen LogP) is 2.55. The van der Waals surface area contributed by atoms with Crippen LogP contribution in [-0.2, 0) is 10.0 Å². The van der Waals surface area contributed by atoms with Gasteiger partial charge in [-0.3, -0.25) is 0 Å². The maximum Gasteiger partial charge on any atom is 0.244 e. The molecule has 2 N–H and O–H groups in total. The van der Waals surface area contributed by atoms with Gasteiger partial charge >= 0.3 is 0 Å². The van der Waals surface area contributed by atoms with Gasteiger partial charge in [-0.25, -0.2) is 13.1 Å². The van der Waals surface area contributed by atoms with Crippen LogP contribution in [0.1, 0.15) is 32.1 Å². The smallest absolute Gasteiger partial charge is 0.244 e. The van der Waals surface area contributed by atoms with Gasteiger partial charge in [0, 0.05) is 17.6 Å². The highest BCUT2D eigenvalue weighted by molar-refractivity contribution is 7.89. The summed E-state index contributed by atoms with van der Waals surface area (Å²) in [7, 11) is -3.65. The Bertz CT molecular complexity index is 641. The molecule has 1 aromatic carbocycles. The predicted molar refractivity (Wildman–Crippen MR) is 90.5 cm³/mol. The van der Waals surface area contributed by atoms with E-state index in [2.05, 4.69) is 10.0 Å². The van der Waals surface area contributed by atoms with Crippen LogP contribution in [0.15, 0.2) is 23.1 Å². The van der Waals surface area contributed by atoms with Gasteiger partial charge in [-0.1, -0.05) is 18.0 Å². The van der Waals surface area contributed by atoms with Gasteiger partial charge in [-0.05, 0) is 56.3 Å². The molecular formula is C16H23ClN2O3S. The SMILES string of the molecule is O=S(=O)(N[C@H]1CCCNC1)c1cc(Cl)ccc1OCC1CCC1. The number of rotatable bonds is 6. The number of halogens is 1. The van der Waals surface area contributed by atoms with Crippen LogP contribution in [0.5, 0.6) is 5.75 Å². The van der Waals surface area contributed by atoms with Gasteiger partial charge < -0.3 is 10.1 Å². The second kappa shape index (κ2) is 7.38. The molecule has 1 atom stereocenters. The van der Waals surface area contributed by atoms with Gasteiger partial charge in [-0.15, -0.1) is 0 Å². The Morgan fingerprint density at radius 3 is 2.74 bits per heavy atom. The van der Waals surface area contributed by atoms with Gasteiger partial charge in [-0.2, -0.15) is 0 Å². The number of piperidine rings is 1. The van der Waals surface area contributed by atoms with Crippen molar-refractivity contribution in [3.05, 3.63) is 23.2 Å². The number of ether oxygens (including phenoxy) is 1. The van der Waals surface area contributed by atoms with E-state index in [1.807, 2.05) is 0 Å². The fourth-order valence-corrected chi connectivity index (χ4v) is 4.59. The molecule has 5 nitrogen and oxygen atoms in total. The number of benzene rings is 1. The summed E-state index contributed by atoms with van der Waals surface area (Å²) < 4.78 is 34.0. The van der Waals surface area contributed by atoms with Crippen LogP contribution in [0.2, 0.25) is 5.02 Å². The van der Waals surface area contributed by atoms with Crippen LogP contribution in [0.3, 0.4) is 0 Å². The Kier molecular flexibility index (Phi) is 5.46. The Morgan fingerprint density at radius 2 is 2.09 bits per heavy atom. The molecule has 0 bridgehead atoms. The third kappa shape index (κ3) is 4.38. The van der Waals surface area contributed by atoms with E-state index in [9.17, 15) is 8.42 Å². The normalized spacial score (nSPS) is 22.6. The zero-order chi connectivity index (χ0) is 16.3. The summed E-state index contributed by atoms with van der Waals surface area (Å²) in [4.78, 5) is 0.134. The molecular weight excluding hydrogens is 336 g/mol. The molecule has 0 amide bonds. The van der Waals surface area contributed by atoms with Crippen molar-refractivity contribution in [3.8, 4) is 5.75 Å². The zero-order valence-corrected chi connectivity index (χ0v) is 14.6. The molecule has 1 aliphatic carbocycles. The van der Waals surface area contributed by atoms with Crippen LogP contribution in [0.25, 0.3) is 0 Å². The summed E-state index contributed by atoms with van der Waals surface area (Å²) in [5, 5.41) is 3.60. The highest BCUT2D eigenvalue weighted by Crippen LogP contribution is 2.31. The molecule has 0 unspecified atom stereocenters. The van der Waals surface area contributed by atoms with E-state index in [0.717, 1.165) is 32.2 Å². The molecule has 2 fully saturated rings. The van der Waals surface area contributed by atoms with Crippen LogP contribution >= 0.6 is 11.6 Å². The van der Waals surface area contributed by atoms with Gasteiger partial charge in [0.25, 0.3) is 0 Å². The average Bonchev–Trinajstić information content (AvgIpc) is 2.47. The molecule has 2 aliphatic rings. The molecule has 128 valence electrons. The Hall–Kier alpha value is -0.820. The van der Waals surface area contributed by atoms with Crippen molar-refractivity contribution < 1.29 is 13.2 Å². The fraction of sp³-hybridized carbons (Fsp3) is 0.625. The van der Waals surface area contributed by atoms with Gasteiger partial charge in [0.2, 0.25) is 10.0 Å². The van der Waals surface area contributed by atoms with Crippen molar-refractivity contribution in [2.75, 3.05) is 19.7 Å². The highest BCUT2D eigenvalue weighted by Gasteiger charge is 2.26. The second-order valence-electron chi connectivity index (χ2n) is 6.36. The number of sulfonamides is 1. The lowest BCUT2D eigenvalue weighted by Crippen LogP contribution is -2.45. The van der Waals surface area contributed by atoms with E-state index in [1.54, 1.807) is 12.1 Å². The molecule has 23 heavy (non-hydrogen) atoms. The maximum atomic E-state index is 12.7. The summed E-state index contributed by atoms with van der Waals surface area (Å²) >= 11 is 6.01.